The monoisotopic (exact) mass is 522 g/mol. The molecule has 2 N–H and O–H groups in total. The molecule has 1 saturated carbocycles. The van der Waals surface area contributed by atoms with Crippen LogP contribution in [0.5, 0.6) is 11.6 Å². The standard InChI is InChI=1S/C28H34N4O6/c1-19-17-20(8-10-24(19)36-16-15-29-14-12-23(33)28(34)35)9-11-25-31-27(38-32-25)22-7-4-13-30-26(22)37-18-21-5-2-3-6-21/h4,7-8,10,13,17,21,29H,2-3,5-6,9,11-12,14-16,18H2,1H3,(H,34,35). The number of carbonyl (C=O) groups is 2. The molecule has 0 aliphatic heterocycles. The summed E-state index contributed by atoms with van der Waals surface area (Å²) in [6, 6.07) is 9.75. The maximum absolute atomic E-state index is 11.1. The number of ketones is 1. The fourth-order valence-electron chi connectivity index (χ4n) is 4.46. The number of pyridine rings is 1. The number of aliphatic carboxylic acids is 1. The Morgan fingerprint density at radius 2 is 1.97 bits per heavy atom. The summed E-state index contributed by atoms with van der Waals surface area (Å²) in [7, 11) is 0. The van der Waals surface area contributed by atoms with Crippen molar-refractivity contribution in [2.24, 2.45) is 5.92 Å². The lowest BCUT2D eigenvalue weighted by Crippen LogP contribution is -2.26. The number of nitrogens with zero attached hydrogens (tertiary/aromatic N) is 3. The van der Waals surface area contributed by atoms with Crippen molar-refractivity contribution in [2.45, 2.75) is 51.9 Å². The van der Waals surface area contributed by atoms with E-state index in [4.69, 9.17) is 19.1 Å². The number of carboxylic acids is 1. The number of ether oxygens (including phenoxy) is 2. The number of hydrogen-bond donors (Lipinski definition) is 2. The van der Waals surface area contributed by atoms with Crippen molar-refractivity contribution in [2.75, 3.05) is 26.3 Å². The molecule has 10 nitrogen and oxygen atoms in total. The fourth-order valence-corrected chi connectivity index (χ4v) is 4.46. The van der Waals surface area contributed by atoms with Gasteiger partial charge in [0, 0.05) is 32.1 Å². The predicted molar refractivity (Wildman–Crippen MR) is 139 cm³/mol. The molecule has 0 amide bonds. The third-order valence-electron chi connectivity index (χ3n) is 6.58. The van der Waals surface area contributed by atoms with Crippen molar-refractivity contribution in [1.82, 2.24) is 20.4 Å². The van der Waals surface area contributed by atoms with Crippen molar-refractivity contribution >= 4 is 11.8 Å². The third kappa shape index (κ3) is 7.85. The molecular weight excluding hydrogens is 488 g/mol. The molecule has 1 aliphatic carbocycles. The number of hydrogen-bond acceptors (Lipinski definition) is 9. The molecule has 202 valence electrons. The van der Waals surface area contributed by atoms with Gasteiger partial charge in [-0.25, -0.2) is 9.78 Å². The number of nitrogens with one attached hydrogen (secondary N) is 1. The van der Waals surface area contributed by atoms with Crippen molar-refractivity contribution in [3.8, 4) is 23.1 Å². The average molecular weight is 523 g/mol. The van der Waals surface area contributed by atoms with Crippen molar-refractivity contribution in [3.05, 3.63) is 53.5 Å². The summed E-state index contributed by atoms with van der Waals surface area (Å²) in [6.45, 7) is 3.88. The zero-order chi connectivity index (χ0) is 26.7. The minimum atomic E-state index is -1.40. The van der Waals surface area contributed by atoms with Gasteiger partial charge in [-0.3, -0.25) is 4.79 Å². The third-order valence-corrected chi connectivity index (χ3v) is 6.58. The van der Waals surface area contributed by atoms with E-state index in [1.165, 1.54) is 25.7 Å². The number of Topliss-reactive ketones (excluding diaryl/α,β-unsaturated/α-hetero) is 1. The minimum Gasteiger partial charge on any atom is -0.492 e. The van der Waals surface area contributed by atoms with Crippen molar-refractivity contribution < 1.29 is 28.7 Å². The first-order chi connectivity index (χ1) is 18.5. The van der Waals surface area contributed by atoms with Gasteiger partial charge in [-0.2, -0.15) is 4.98 Å². The molecule has 1 aromatic carbocycles. The van der Waals surface area contributed by atoms with Gasteiger partial charge in [-0.15, -0.1) is 0 Å². The first-order valence-corrected chi connectivity index (χ1v) is 13.1. The molecule has 10 heteroatoms. The van der Waals surface area contributed by atoms with E-state index in [-0.39, 0.29) is 6.42 Å². The zero-order valence-electron chi connectivity index (χ0n) is 21.6. The second-order valence-electron chi connectivity index (χ2n) is 9.51. The molecular formula is C28H34N4O6. The molecule has 0 atom stereocenters. The van der Waals surface area contributed by atoms with E-state index in [2.05, 4.69) is 26.5 Å². The number of rotatable bonds is 15. The number of carbonyl (C=O) groups excluding carboxylic acids is 1. The Bertz CT molecular complexity index is 1220. The van der Waals surface area contributed by atoms with Crippen LogP contribution >= 0.6 is 0 Å². The molecule has 38 heavy (non-hydrogen) atoms. The highest BCUT2D eigenvalue weighted by Crippen LogP contribution is 2.30. The van der Waals surface area contributed by atoms with Crippen LogP contribution in [-0.2, 0) is 22.4 Å². The van der Waals surface area contributed by atoms with Crippen LogP contribution in [0.15, 0.2) is 41.1 Å². The first-order valence-electron chi connectivity index (χ1n) is 13.1. The minimum absolute atomic E-state index is 0.0392. The van der Waals surface area contributed by atoms with Gasteiger partial charge in [0.1, 0.15) is 17.9 Å². The second-order valence-corrected chi connectivity index (χ2v) is 9.51. The smallest absolute Gasteiger partial charge is 0.372 e. The summed E-state index contributed by atoms with van der Waals surface area (Å²) in [6.07, 6.45) is 7.99. The van der Waals surface area contributed by atoms with E-state index in [9.17, 15) is 9.59 Å². The van der Waals surface area contributed by atoms with Gasteiger partial charge in [0.25, 0.3) is 5.89 Å². The van der Waals surface area contributed by atoms with Crippen LogP contribution in [0.1, 0.15) is 49.1 Å². The highest BCUT2D eigenvalue weighted by atomic mass is 16.5. The summed E-state index contributed by atoms with van der Waals surface area (Å²) in [5.41, 5.74) is 2.86. The molecule has 0 unspecified atom stereocenters. The molecule has 3 aromatic rings. The summed E-state index contributed by atoms with van der Waals surface area (Å²) in [5, 5.41) is 15.7. The maximum Gasteiger partial charge on any atom is 0.372 e. The van der Waals surface area contributed by atoms with E-state index in [1.807, 2.05) is 31.2 Å². The highest BCUT2D eigenvalue weighted by molar-refractivity contribution is 6.32. The summed E-state index contributed by atoms with van der Waals surface area (Å²) in [5.74, 6) is 0.729. The van der Waals surface area contributed by atoms with Crippen molar-refractivity contribution in [1.29, 1.82) is 0 Å². The maximum atomic E-state index is 11.1. The first kappa shape index (κ1) is 27.3. The lowest BCUT2D eigenvalue weighted by Gasteiger charge is -2.11. The van der Waals surface area contributed by atoms with Crippen molar-refractivity contribution in [3.63, 3.8) is 0 Å². The lowest BCUT2D eigenvalue weighted by atomic mass is 10.1. The van der Waals surface area contributed by atoms with E-state index < -0.39 is 11.8 Å². The largest absolute Gasteiger partial charge is 0.492 e. The highest BCUT2D eigenvalue weighted by Gasteiger charge is 2.19. The van der Waals surface area contributed by atoms with Crippen LogP contribution in [0.3, 0.4) is 0 Å². The molecule has 4 rings (SSSR count). The van der Waals surface area contributed by atoms with Gasteiger partial charge in [-0.05, 0) is 61.4 Å². The Hall–Kier alpha value is -3.79. The zero-order valence-corrected chi connectivity index (χ0v) is 21.6. The van der Waals surface area contributed by atoms with E-state index in [1.54, 1.807) is 6.20 Å². The van der Waals surface area contributed by atoms with Gasteiger partial charge in [0.15, 0.2) is 5.82 Å². The summed E-state index contributed by atoms with van der Waals surface area (Å²) in [4.78, 5) is 30.5. The number of benzene rings is 1. The lowest BCUT2D eigenvalue weighted by molar-refractivity contribution is -0.149. The van der Waals surface area contributed by atoms with Gasteiger partial charge >= 0.3 is 5.97 Å². The molecule has 0 bridgehead atoms. The topological polar surface area (TPSA) is 137 Å². The van der Waals surface area contributed by atoms with E-state index >= 15 is 0 Å². The Kier molecular flexibility index (Phi) is 9.80. The molecule has 0 radical (unpaired) electrons. The SMILES string of the molecule is Cc1cc(CCc2noc(-c3cccnc3OCC3CCCC3)n2)ccc1OCCNCCC(=O)C(=O)O. The van der Waals surface area contributed by atoms with E-state index in [0.29, 0.717) is 61.8 Å². The van der Waals surface area contributed by atoms with Crippen LogP contribution in [0.4, 0.5) is 0 Å². The van der Waals surface area contributed by atoms with E-state index in [0.717, 1.165) is 23.3 Å². The summed E-state index contributed by atoms with van der Waals surface area (Å²) < 4.78 is 17.4. The Balaban J connectivity index is 1.24. The van der Waals surface area contributed by atoms with Gasteiger partial charge in [-0.1, -0.05) is 30.1 Å². The molecule has 0 spiro atoms. The fraction of sp³-hybridized carbons (Fsp3) is 0.464. The number of aryl methyl sites for hydroxylation is 3. The molecule has 1 fully saturated rings. The average Bonchev–Trinajstić information content (AvgIpc) is 3.61. The Morgan fingerprint density at radius 1 is 1.13 bits per heavy atom. The van der Waals surface area contributed by atoms with Gasteiger partial charge in [0.05, 0.1) is 6.61 Å². The number of aromatic nitrogens is 3. The van der Waals surface area contributed by atoms with Crippen LogP contribution < -0.4 is 14.8 Å². The second kappa shape index (κ2) is 13.7. The van der Waals surface area contributed by atoms with Crippen LogP contribution in [-0.4, -0.2) is 58.3 Å². The van der Waals surface area contributed by atoms with Crippen LogP contribution in [0.25, 0.3) is 11.5 Å². The Morgan fingerprint density at radius 3 is 2.76 bits per heavy atom. The normalized spacial score (nSPS) is 13.5. The Labute approximate surface area is 221 Å². The molecule has 2 aromatic heterocycles. The van der Waals surface area contributed by atoms with Gasteiger partial charge < -0.3 is 24.4 Å². The molecule has 2 heterocycles. The van der Waals surface area contributed by atoms with Crippen LogP contribution in [0.2, 0.25) is 0 Å². The molecule has 1 aliphatic rings. The van der Waals surface area contributed by atoms with Crippen LogP contribution in [0, 0.1) is 12.8 Å². The predicted octanol–water partition coefficient (Wildman–Crippen LogP) is 3.81. The summed E-state index contributed by atoms with van der Waals surface area (Å²) >= 11 is 0. The molecule has 0 saturated heterocycles. The van der Waals surface area contributed by atoms with Gasteiger partial charge in [0.2, 0.25) is 11.7 Å². The number of carboxylic acid groups (broad SMARTS) is 1. The quantitative estimate of drug-likeness (QED) is 0.224.